The summed E-state index contributed by atoms with van der Waals surface area (Å²) in [5.41, 5.74) is 4.65. The van der Waals surface area contributed by atoms with E-state index < -0.39 is 0 Å². The Morgan fingerprint density at radius 2 is 1.50 bits per heavy atom. The van der Waals surface area contributed by atoms with Gasteiger partial charge in [-0.25, -0.2) is 9.78 Å². The second kappa shape index (κ2) is 9.10. The van der Waals surface area contributed by atoms with Crippen LogP contribution < -0.4 is 10.6 Å². The Bertz CT molecular complexity index is 1140. The third kappa shape index (κ3) is 4.28. The van der Waals surface area contributed by atoms with Crippen LogP contribution in [0.2, 0.25) is 0 Å². The molecule has 0 bridgehead atoms. The van der Waals surface area contributed by atoms with Crippen LogP contribution in [0.4, 0.5) is 10.5 Å². The van der Waals surface area contributed by atoms with Crippen molar-refractivity contribution in [1.82, 2.24) is 14.9 Å². The first kappa shape index (κ1) is 20.1. The smallest absolute Gasteiger partial charge is 0.320 e. The molecule has 0 saturated carbocycles. The number of carbonyl (C=O) groups is 1. The lowest BCUT2D eigenvalue weighted by molar-refractivity contribution is 0.250. The van der Waals surface area contributed by atoms with E-state index in [-0.39, 0.29) is 12.1 Å². The number of hydrogen-bond donors (Lipinski definition) is 2. The van der Waals surface area contributed by atoms with Gasteiger partial charge in [0.1, 0.15) is 5.82 Å². The first-order valence-electron chi connectivity index (χ1n) is 11.1. The van der Waals surface area contributed by atoms with Gasteiger partial charge < -0.3 is 15.2 Å². The molecule has 0 unspecified atom stereocenters. The van der Waals surface area contributed by atoms with Crippen molar-refractivity contribution in [3.8, 4) is 11.3 Å². The fourth-order valence-electron chi connectivity index (χ4n) is 4.30. The topological polar surface area (TPSA) is 59.0 Å². The van der Waals surface area contributed by atoms with Crippen molar-refractivity contribution in [2.24, 2.45) is 0 Å². The summed E-state index contributed by atoms with van der Waals surface area (Å²) < 4.78 is 2.23. The van der Waals surface area contributed by atoms with Gasteiger partial charge in [0.15, 0.2) is 0 Å². The number of aryl methyl sites for hydroxylation is 2. The van der Waals surface area contributed by atoms with Crippen molar-refractivity contribution in [2.45, 2.75) is 31.8 Å². The summed E-state index contributed by atoms with van der Waals surface area (Å²) in [4.78, 5) is 17.9. The number of nitrogens with zero attached hydrogens (tertiary/aromatic N) is 2. The highest BCUT2D eigenvalue weighted by molar-refractivity contribution is 5.94. The van der Waals surface area contributed by atoms with Crippen molar-refractivity contribution < 1.29 is 4.79 Å². The molecule has 0 fully saturated rings. The number of para-hydroxylation sites is 1. The molecule has 0 radical (unpaired) electrons. The van der Waals surface area contributed by atoms with Gasteiger partial charge in [-0.15, -0.1) is 0 Å². The highest BCUT2D eigenvalue weighted by atomic mass is 16.2. The van der Waals surface area contributed by atoms with E-state index >= 15 is 0 Å². The summed E-state index contributed by atoms with van der Waals surface area (Å²) in [6, 6.07) is 27.4. The Kier molecular flexibility index (Phi) is 5.71. The molecule has 0 spiro atoms. The standard InChI is InChI=1S/C27H26N4O/c32-27(30-26(20-11-3-1-4-12-20)21-13-5-2-6-14-21)29-23-16-8-7-15-22(23)24-19-31-18-10-9-17-25(31)28-24/h1-8,11-16,19,26H,9-10,17-18H2,(H2,29,30,32). The minimum absolute atomic E-state index is 0.246. The van der Waals surface area contributed by atoms with Crippen molar-refractivity contribution in [1.29, 1.82) is 0 Å². The summed E-state index contributed by atoms with van der Waals surface area (Å²) in [7, 11) is 0. The summed E-state index contributed by atoms with van der Waals surface area (Å²) in [6.07, 6.45) is 5.47. The molecule has 4 aromatic rings. The molecule has 2 heterocycles. The molecule has 0 atom stereocenters. The van der Waals surface area contributed by atoms with Gasteiger partial charge in [0, 0.05) is 24.7 Å². The zero-order valence-corrected chi connectivity index (χ0v) is 17.9. The summed E-state index contributed by atoms with van der Waals surface area (Å²) >= 11 is 0. The van der Waals surface area contributed by atoms with E-state index in [4.69, 9.17) is 4.98 Å². The lowest BCUT2D eigenvalue weighted by atomic mass is 9.99. The minimum atomic E-state index is -0.251. The maximum absolute atomic E-state index is 13.1. The molecular formula is C27H26N4O. The quantitative estimate of drug-likeness (QED) is 0.427. The molecule has 160 valence electrons. The number of benzene rings is 3. The zero-order valence-electron chi connectivity index (χ0n) is 17.9. The molecule has 32 heavy (non-hydrogen) atoms. The molecule has 1 aliphatic heterocycles. The number of fused-ring (bicyclic) bond motifs is 1. The number of urea groups is 1. The van der Waals surface area contributed by atoms with Crippen LogP contribution in [-0.4, -0.2) is 15.6 Å². The van der Waals surface area contributed by atoms with Crippen LogP contribution in [0, 0.1) is 0 Å². The van der Waals surface area contributed by atoms with Crippen LogP contribution in [0.5, 0.6) is 0 Å². The normalized spacial score (nSPS) is 12.9. The molecule has 0 aliphatic carbocycles. The van der Waals surface area contributed by atoms with Crippen LogP contribution in [-0.2, 0) is 13.0 Å². The van der Waals surface area contributed by atoms with E-state index in [0.717, 1.165) is 46.9 Å². The molecule has 5 nitrogen and oxygen atoms in total. The van der Waals surface area contributed by atoms with E-state index in [0.29, 0.717) is 0 Å². The van der Waals surface area contributed by atoms with Crippen molar-refractivity contribution in [3.63, 3.8) is 0 Å². The molecule has 1 aromatic heterocycles. The molecule has 5 rings (SSSR count). The van der Waals surface area contributed by atoms with Crippen molar-refractivity contribution >= 4 is 11.7 Å². The molecule has 5 heteroatoms. The van der Waals surface area contributed by atoms with E-state index in [2.05, 4.69) is 21.4 Å². The van der Waals surface area contributed by atoms with Gasteiger partial charge in [-0.1, -0.05) is 78.9 Å². The Labute approximate surface area is 188 Å². The number of carbonyl (C=O) groups excluding carboxylic acids is 1. The van der Waals surface area contributed by atoms with Crippen LogP contribution in [0.15, 0.2) is 91.1 Å². The first-order valence-corrected chi connectivity index (χ1v) is 11.1. The number of amides is 2. The molecule has 3 aromatic carbocycles. The van der Waals surface area contributed by atoms with Crippen LogP contribution in [0.25, 0.3) is 11.3 Å². The average Bonchev–Trinajstić information content (AvgIpc) is 3.28. The fourth-order valence-corrected chi connectivity index (χ4v) is 4.30. The van der Waals surface area contributed by atoms with Crippen LogP contribution in [0.1, 0.15) is 35.8 Å². The van der Waals surface area contributed by atoms with Gasteiger partial charge in [-0.2, -0.15) is 0 Å². The largest absolute Gasteiger partial charge is 0.334 e. The maximum Gasteiger partial charge on any atom is 0.320 e. The lowest BCUT2D eigenvalue weighted by Gasteiger charge is -2.20. The third-order valence-corrected chi connectivity index (χ3v) is 5.90. The van der Waals surface area contributed by atoms with E-state index in [1.165, 1.54) is 12.8 Å². The fraction of sp³-hybridized carbons (Fsp3) is 0.185. The van der Waals surface area contributed by atoms with E-state index in [1.807, 2.05) is 84.9 Å². The number of anilines is 1. The number of nitrogens with one attached hydrogen (secondary N) is 2. The minimum Gasteiger partial charge on any atom is -0.334 e. The predicted octanol–water partition coefficient (Wildman–Crippen LogP) is 5.80. The van der Waals surface area contributed by atoms with Gasteiger partial charge in [0.2, 0.25) is 0 Å². The van der Waals surface area contributed by atoms with Gasteiger partial charge in [-0.3, -0.25) is 0 Å². The Morgan fingerprint density at radius 3 is 2.19 bits per heavy atom. The van der Waals surface area contributed by atoms with Crippen molar-refractivity contribution in [2.75, 3.05) is 5.32 Å². The number of rotatable bonds is 5. The van der Waals surface area contributed by atoms with Gasteiger partial charge in [0.05, 0.1) is 17.4 Å². The highest BCUT2D eigenvalue weighted by Gasteiger charge is 2.19. The summed E-state index contributed by atoms with van der Waals surface area (Å²) in [5, 5.41) is 6.21. The number of aromatic nitrogens is 2. The lowest BCUT2D eigenvalue weighted by Crippen LogP contribution is -2.33. The van der Waals surface area contributed by atoms with E-state index in [9.17, 15) is 4.79 Å². The third-order valence-electron chi connectivity index (χ3n) is 5.90. The Morgan fingerprint density at radius 1 is 0.844 bits per heavy atom. The average molecular weight is 423 g/mol. The second-order valence-corrected chi connectivity index (χ2v) is 8.09. The Balaban J connectivity index is 1.40. The van der Waals surface area contributed by atoms with Crippen LogP contribution in [0.3, 0.4) is 0 Å². The number of imidazole rings is 1. The monoisotopic (exact) mass is 422 g/mol. The molecule has 0 saturated heterocycles. The summed E-state index contributed by atoms with van der Waals surface area (Å²) in [6.45, 7) is 1.01. The van der Waals surface area contributed by atoms with Gasteiger partial charge >= 0.3 is 6.03 Å². The SMILES string of the molecule is O=C(Nc1ccccc1-c1cn2c(n1)CCCC2)NC(c1ccccc1)c1ccccc1. The summed E-state index contributed by atoms with van der Waals surface area (Å²) in [5.74, 6) is 1.12. The molecule has 2 N–H and O–H groups in total. The highest BCUT2D eigenvalue weighted by Crippen LogP contribution is 2.29. The van der Waals surface area contributed by atoms with E-state index in [1.54, 1.807) is 0 Å². The van der Waals surface area contributed by atoms with Gasteiger partial charge in [-0.05, 0) is 30.0 Å². The van der Waals surface area contributed by atoms with Crippen LogP contribution >= 0.6 is 0 Å². The molecule has 1 aliphatic rings. The zero-order chi connectivity index (χ0) is 21.8. The van der Waals surface area contributed by atoms with Crippen molar-refractivity contribution in [3.05, 3.63) is 108 Å². The molecular weight excluding hydrogens is 396 g/mol. The predicted molar refractivity (Wildman–Crippen MR) is 127 cm³/mol. The Hall–Kier alpha value is -3.86. The first-order chi connectivity index (χ1) is 15.8. The second-order valence-electron chi connectivity index (χ2n) is 8.09. The van der Waals surface area contributed by atoms with Gasteiger partial charge in [0.25, 0.3) is 0 Å². The molecule has 2 amide bonds. The maximum atomic E-state index is 13.1. The number of hydrogen-bond acceptors (Lipinski definition) is 2.